The number of benzene rings is 2. The minimum absolute atomic E-state index is 0.0446. The summed E-state index contributed by atoms with van der Waals surface area (Å²) >= 11 is 0. The summed E-state index contributed by atoms with van der Waals surface area (Å²) in [5, 5.41) is 6.79. The van der Waals surface area contributed by atoms with Gasteiger partial charge in [-0.05, 0) is 36.8 Å². The molecule has 0 saturated carbocycles. The van der Waals surface area contributed by atoms with Crippen LogP contribution in [0.4, 0.5) is 0 Å². The molecule has 6 nitrogen and oxygen atoms in total. The number of hydrogen-bond donors (Lipinski definition) is 1. The van der Waals surface area contributed by atoms with Crippen molar-refractivity contribution in [1.82, 2.24) is 15.5 Å². The molecule has 0 aliphatic rings. The molecule has 0 bridgehead atoms. The van der Waals surface area contributed by atoms with Gasteiger partial charge in [0.1, 0.15) is 5.75 Å². The number of carbonyl (C=O) groups is 1. The van der Waals surface area contributed by atoms with Crippen LogP contribution in [0.15, 0.2) is 59.1 Å². The van der Waals surface area contributed by atoms with E-state index in [4.69, 9.17) is 9.26 Å². The van der Waals surface area contributed by atoms with Crippen LogP contribution in [-0.2, 0) is 11.2 Å². The van der Waals surface area contributed by atoms with Gasteiger partial charge in [-0.15, -0.1) is 0 Å². The van der Waals surface area contributed by atoms with E-state index in [0.29, 0.717) is 17.5 Å². The van der Waals surface area contributed by atoms with Crippen LogP contribution in [0.3, 0.4) is 0 Å². The lowest BCUT2D eigenvalue weighted by Gasteiger charge is -2.14. The molecule has 2 aromatic carbocycles. The largest absolute Gasteiger partial charge is 0.484 e. The van der Waals surface area contributed by atoms with Gasteiger partial charge < -0.3 is 14.6 Å². The van der Waals surface area contributed by atoms with E-state index in [1.807, 2.05) is 56.3 Å². The van der Waals surface area contributed by atoms with Crippen molar-refractivity contribution in [2.75, 3.05) is 6.61 Å². The summed E-state index contributed by atoms with van der Waals surface area (Å²) in [5.41, 5.74) is 1.86. The number of aromatic nitrogens is 2. The highest BCUT2D eigenvalue weighted by molar-refractivity contribution is 5.78. The second kappa shape index (κ2) is 8.29. The van der Waals surface area contributed by atoms with Crippen LogP contribution in [0.25, 0.3) is 11.5 Å². The zero-order chi connectivity index (χ0) is 18.4. The Bertz CT molecular complexity index is 844. The lowest BCUT2D eigenvalue weighted by Crippen LogP contribution is -2.31. The molecule has 0 fully saturated rings. The average Bonchev–Trinajstić information content (AvgIpc) is 3.17. The minimum atomic E-state index is -0.171. The van der Waals surface area contributed by atoms with E-state index in [0.717, 1.165) is 17.5 Å². The predicted octanol–water partition coefficient (Wildman–Crippen LogP) is 3.56. The number of nitrogens with zero attached hydrogens (tertiary/aromatic N) is 2. The quantitative estimate of drug-likeness (QED) is 0.704. The lowest BCUT2D eigenvalue weighted by molar-refractivity contribution is -0.123. The summed E-state index contributed by atoms with van der Waals surface area (Å²) in [5.74, 6) is 1.58. The van der Waals surface area contributed by atoms with Crippen molar-refractivity contribution in [1.29, 1.82) is 0 Å². The van der Waals surface area contributed by atoms with Crippen molar-refractivity contribution in [3.8, 4) is 17.2 Å². The van der Waals surface area contributed by atoms with Crippen molar-refractivity contribution in [3.05, 3.63) is 66.0 Å². The third-order valence-electron chi connectivity index (χ3n) is 3.93. The second-order valence-electron chi connectivity index (χ2n) is 5.88. The molecule has 0 saturated heterocycles. The molecule has 26 heavy (non-hydrogen) atoms. The number of nitrogens with one attached hydrogen (secondary N) is 1. The van der Waals surface area contributed by atoms with Gasteiger partial charge in [0.05, 0.1) is 6.04 Å². The maximum atomic E-state index is 12.1. The summed E-state index contributed by atoms with van der Waals surface area (Å²) < 4.78 is 10.7. The molecular formula is C20H21N3O3. The average molecular weight is 351 g/mol. The van der Waals surface area contributed by atoms with Crippen LogP contribution >= 0.6 is 0 Å². The molecule has 1 atom stereocenters. The molecule has 1 unspecified atom stereocenters. The second-order valence-corrected chi connectivity index (χ2v) is 5.88. The predicted molar refractivity (Wildman–Crippen MR) is 97.6 cm³/mol. The Morgan fingerprint density at radius 1 is 1.15 bits per heavy atom. The van der Waals surface area contributed by atoms with Gasteiger partial charge in [0.15, 0.2) is 12.4 Å². The first-order valence-electron chi connectivity index (χ1n) is 8.56. The number of amides is 1. The maximum Gasteiger partial charge on any atom is 0.258 e. The summed E-state index contributed by atoms with van der Waals surface area (Å²) in [6.07, 6.45) is 0.723. The van der Waals surface area contributed by atoms with Gasteiger partial charge in [0.2, 0.25) is 0 Å². The molecule has 3 aromatic rings. The van der Waals surface area contributed by atoms with E-state index >= 15 is 0 Å². The van der Waals surface area contributed by atoms with E-state index in [1.54, 1.807) is 12.1 Å². The molecule has 3 rings (SSSR count). The summed E-state index contributed by atoms with van der Waals surface area (Å²) in [6, 6.07) is 16.9. The summed E-state index contributed by atoms with van der Waals surface area (Å²) in [7, 11) is 0. The smallest absolute Gasteiger partial charge is 0.258 e. The van der Waals surface area contributed by atoms with E-state index < -0.39 is 0 Å². The van der Waals surface area contributed by atoms with Crippen LogP contribution in [-0.4, -0.2) is 22.7 Å². The van der Waals surface area contributed by atoms with Crippen molar-refractivity contribution in [2.24, 2.45) is 0 Å². The zero-order valence-electron chi connectivity index (χ0n) is 14.8. The molecule has 0 radical (unpaired) electrons. The first-order chi connectivity index (χ1) is 12.7. The fourth-order valence-corrected chi connectivity index (χ4v) is 2.47. The van der Waals surface area contributed by atoms with Gasteiger partial charge in [-0.2, -0.15) is 4.98 Å². The van der Waals surface area contributed by atoms with Gasteiger partial charge in [-0.1, -0.05) is 42.4 Å². The highest BCUT2D eigenvalue weighted by Gasteiger charge is 2.11. The Labute approximate surface area is 152 Å². The van der Waals surface area contributed by atoms with Crippen LogP contribution in [0, 0.1) is 0 Å². The summed E-state index contributed by atoms with van der Waals surface area (Å²) in [4.78, 5) is 16.3. The number of hydrogen-bond acceptors (Lipinski definition) is 5. The number of rotatable bonds is 7. The fourth-order valence-electron chi connectivity index (χ4n) is 2.47. The molecule has 1 N–H and O–H groups in total. The van der Waals surface area contributed by atoms with Crippen LogP contribution in [0.2, 0.25) is 0 Å². The third kappa shape index (κ3) is 4.47. The Hall–Kier alpha value is -3.15. The topological polar surface area (TPSA) is 77.2 Å². The molecule has 1 aromatic heterocycles. The van der Waals surface area contributed by atoms with Gasteiger partial charge in [0.25, 0.3) is 11.8 Å². The maximum absolute atomic E-state index is 12.1. The molecule has 134 valence electrons. The zero-order valence-corrected chi connectivity index (χ0v) is 14.8. The molecule has 0 aliphatic carbocycles. The first-order valence-corrected chi connectivity index (χ1v) is 8.56. The molecule has 0 spiro atoms. The van der Waals surface area contributed by atoms with Gasteiger partial charge >= 0.3 is 0 Å². The van der Waals surface area contributed by atoms with Gasteiger partial charge in [-0.3, -0.25) is 4.79 Å². The molecule has 6 heteroatoms. The van der Waals surface area contributed by atoms with Crippen LogP contribution in [0.5, 0.6) is 5.75 Å². The normalized spacial score (nSPS) is 11.8. The number of ether oxygens (including phenoxy) is 1. The van der Waals surface area contributed by atoms with Crippen molar-refractivity contribution in [2.45, 2.75) is 26.3 Å². The Balaban J connectivity index is 1.52. The monoisotopic (exact) mass is 351 g/mol. The van der Waals surface area contributed by atoms with E-state index in [1.165, 1.54) is 0 Å². The molecule has 1 heterocycles. The Morgan fingerprint density at radius 3 is 2.54 bits per heavy atom. The summed E-state index contributed by atoms with van der Waals surface area (Å²) in [6.45, 7) is 3.86. The molecular weight excluding hydrogens is 330 g/mol. The van der Waals surface area contributed by atoms with E-state index in [9.17, 15) is 4.79 Å². The SMILES string of the molecule is CCc1noc(-c2ccc(OCC(=O)NC(C)c3ccccc3)cc2)n1. The first kappa shape index (κ1) is 17.7. The van der Waals surface area contributed by atoms with Crippen molar-refractivity contribution < 1.29 is 14.1 Å². The van der Waals surface area contributed by atoms with Crippen LogP contribution < -0.4 is 10.1 Å². The van der Waals surface area contributed by atoms with E-state index in [-0.39, 0.29) is 18.6 Å². The molecule has 1 amide bonds. The van der Waals surface area contributed by atoms with Gasteiger partial charge in [-0.25, -0.2) is 0 Å². The highest BCUT2D eigenvalue weighted by Crippen LogP contribution is 2.21. The Morgan fingerprint density at radius 2 is 1.88 bits per heavy atom. The number of carbonyl (C=O) groups excluding carboxylic acids is 1. The standard InChI is InChI=1S/C20H21N3O3/c1-3-18-22-20(26-23-18)16-9-11-17(12-10-16)25-13-19(24)21-14(2)15-7-5-4-6-8-15/h4-12,14H,3,13H2,1-2H3,(H,21,24). The van der Waals surface area contributed by atoms with Crippen LogP contribution in [0.1, 0.15) is 31.3 Å². The fraction of sp³-hybridized carbons (Fsp3) is 0.250. The lowest BCUT2D eigenvalue weighted by atomic mass is 10.1. The van der Waals surface area contributed by atoms with E-state index in [2.05, 4.69) is 15.5 Å². The minimum Gasteiger partial charge on any atom is -0.484 e. The highest BCUT2D eigenvalue weighted by atomic mass is 16.5. The van der Waals surface area contributed by atoms with Gasteiger partial charge in [0, 0.05) is 12.0 Å². The molecule has 0 aliphatic heterocycles. The third-order valence-corrected chi connectivity index (χ3v) is 3.93. The number of aryl methyl sites for hydroxylation is 1. The van der Waals surface area contributed by atoms with Crippen molar-refractivity contribution >= 4 is 5.91 Å². The van der Waals surface area contributed by atoms with Crippen molar-refractivity contribution in [3.63, 3.8) is 0 Å². The Kier molecular flexibility index (Phi) is 5.63.